The van der Waals surface area contributed by atoms with Crippen LogP contribution in [0.1, 0.15) is 17.8 Å². The van der Waals surface area contributed by atoms with Gasteiger partial charge in [-0.15, -0.1) is 0 Å². The fourth-order valence-electron chi connectivity index (χ4n) is 2.63. The first-order valence-electron chi connectivity index (χ1n) is 6.43. The first-order chi connectivity index (χ1) is 9.34. The smallest absolute Gasteiger partial charge is 0.160 e. The van der Waals surface area contributed by atoms with Crippen molar-refractivity contribution in [1.29, 1.82) is 0 Å². The predicted octanol–water partition coefficient (Wildman–Crippen LogP) is 3.55. The van der Waals surface area contributed by atoms with Crippen molar-refractivity contribution in [3.8, 4) is 0 Å². The van der Waals surface area contributed by atoms with Gasteiger partial charge in [-0.1, -0.05) is 30.4 Å². The van der Waals surface area contributed by atoms with E-state index in [1.165, 1.54) is 5.52 Å². The summed E-state index contributed by atoms with van der Waals surface area (Å²) in [5.74, 6) is 0. The maximum atomic E-state index is 4.80. The molecule has 3 heteroatoms. The molecule has 0 fully saturated rings. The highest BCUT2D eigenvalue weighted by molar-refractivity contribution is 6.04. The van der Waals surface area contributed by atoms with Crippen LogP contribution < -0.4 is 0 Å². The van der Waals surface area contributed by atoms with E-state index < -0.39 is 0 Å². The van der Waals surface area contributed by atoms with E-state index in [9.17, 15) is 0 Å². The Hall–Kier alpha value is -2.42. The molecule has 4 rings (SSSR count). The molecule has 1 aromatic carbocycles. The van der Waals surface area contributed by atoms with Crippen molar-refractivity contribution in [2.75, 3.05) is 0 Å². The Morgan fingerprint density at radius 1 is 1.00 bits per heavy atom. The van der Waals surface area contributed by atoms with Gasteiger partial charge in [-0.3, -0.25) is 0 Å². The maximum Gasteiger partial charge on any atom is 0.160 e. The van der Waals surface area contributed by atoms with Gasteiger partial charge in [-0.05, 0) is 24.6 Å². The lowest BCUT2D eigenvalue weighted by atomic mass is 10.2. The molecule has 3 aromatic rings. The molecule has 0 saturated carbocycles. The molecule has 0 aliphatic heterocycles. The number of aromatic nitrogens is 3. The van der Waals surface area contributed by atoms with Crippen LogP contribution in [0.15, 0.2) is 36.4 Å². The van der Waals surface area contributed by atoms with Gasteiger partial charge in [-0.2, -0.15) is 0 Å². The number of hydrogen-bond donors (Lipinski definition) is 0. The Balaban J connectivity index is 2.19. The van der Waals surface area contributed by atoms with Gasteiger partial charge >= 0.3 is 0 Å². The molecule has 2 aromatic heterocycles. The van der Waals surface area contributed by atoms with Crippen molar-refractivity contribution in [1.82, 2.24) is 14.5 Å². The van der Waals surface area contributed by atoms with Gasteiger partial charge in [0.05, 0.1) is 16.9 Å². The second-order valence-electron chi connectivity index (χ2n) is 4.78. The van der Waals surface area contributed by atoms with Crippen molar-refractivity contribution in [3.63, 3.8) is 0 Å². The van der Waals surface area contributed by atoms with Crippen LogP contribution in [-0.4, -0.2) is 14.5 Å². The number of nitrogens with zero attached hydrogens (tertiary/aromatic N) is 3. The first-order valence-corrected chi connectivity index (χ1v) is 6.43. The molecule has 2 heterocycles. The molecule has 0 radical (unpaired) electrons. The third-order valence-electron chi connectivity index (χ3n) is 3.59. The van der Waals surface area contributed by atoms with Gasteiger partial charge in [-0.25, -0.2) is 9.97 Å². The Bertz CT molecular complexity index is 853. The highest BCUT2D eigenvalue weighted by Gasteiger charge is 2.13. The van der Waals surface area contributed by atoms with E-state index in [4.69, 9.17) is 9.97 Å². The summed E-state index contributed by atoms with van der Waals surface area (Å²) in [6.07, 6.45) is 9.29. The summed E-state index contributed by atoms with van der Waals surface area (Å²) in [6, 6.07) is 8.31. The Morgan fingerprint density at radius 2 is 1.74 bits per heavy atom. The van der Waals surface area contributed by atoms with Crippen LogP contribution in [0.4, 0.5) is 0 Å². The Labute approximate surface area is 110 Å². The van der Waals surface area contributed by atoms with Gasteiger partial charge < -0.3 is 4.57 Å². The van der Waals surface area contributed by atoms with Crippen molar-refractivity contribution < 1.29 is 0 Å². The number of allylic oxidation sites excluding steroid dienone is 2. The summed E-state index contributed by atoms with van der Waals surface area (Å²) >= 11 is 0. The molecule has 0 spiro atoms. The average Bonchev–Trinajstić information content (AvgIpc) is 2.62. The van der Waals surface area contributed by atoms with E-state index in [-0.39, 0.29) is 0 Å². The van der Waals surface area contributed by atoms with Crippen LogP contribution in [0.25, 0.3) is 34.2 Å². The van der Waals surface area contributed by atoms with E-state index in [0.717, 1.165) is 34.4 Å². The largest absolute Gasteiger partial charge is 0.327 e. The highest BCUT2D eigenvalue weighted by atomic mass is 15.0. The molecule has 0 saturated heterocycles. The van der Waals surface area contributed by atoms with Crippen LogP contribution in [0.2, 0.25) is 0 Å². The van der Waals surface area contributed by atoms with E-state index in [2.05, 4.69) is 41.0 Å². The van der Waals surface area contributed by atoms with Crippen LogP contribution in [0, 0.1) is 0 Å². The zero-order valence-electron chi connectivity index (χ0n) is 10.7. The number of hydrogen-bond acceptors (Lipinski definition) is 2. The summed E-state index contributed by atoms with van der Waals surface area (Å²) < 4.78 is 2.11. The predicted molar refractivity (Wildman–Crippen MR) is 78.7 cm³/mol. The van der Waals surface area contributed by atoms with E-state index in [1.54, 1.807) is 0 Å². The minimum absolute atomic E-state index is 0.940. The van der Waals surface area contributed by atoms with Crippen LogP contribution in [0.3, 0.4) is 0 Å². The SMILES string of the molecule is Cn1c2ccccc2c2nc3c(nc21)C=CCC=C3. The summed E-state index contributed by atoms with van der Waals surface area (Å²) in [5, 5.41) is 1.16. The molecular weight excluding hydrogens is 234 g/mol. The molecule has 0 bridgehead atoms. The van der Waals surface area contributed by atoms with E-state index in [1.807, 2.05) is 19.2 Å². The van der Waals surface area contributed by atoms with Gasteiger partial charge in [0.2, 0.25) is 0 Å². The van der Waals surface area contributed by atoms with Crippen LogP contribution >= 0.6 is 0 Å². The lowest BCUT2D eigenvalue weighted by molar-refractivity contribution is 0.982. The standard InChI is InChI=1S/C16H13N3/c1-19-14-10-6-5-7-11(14)15-16(19)18-13-9-4-2-3-8-12(13)17-15/h3-10H,2H2,1H3. The summed E-state index contributed by atoms with van der Waals surface area (Å²) in [6.45, 7) is 0. The summed E-state index contributed by atoms with van der Waals surface area (Å²) in [7, 11) is 2.04. The minimum atomic E-state index is 0.940. The van der Waals surface area contributed by atoms with E-state index >= 15 is 0 Å². The number of para-hydroxylation sites is 1. The fraction of sp³-hybridized carbons (Fsp3) is 0.125. The monoisotopic (exact) mass is 247 g/mol. The van der Waals surface area contributed by atoms with Gasteiger partial charge in [0.1, 0.15) is 5.52 Å². The van der Waals surface area contributed by atoms with Crippen molar-refractivity contribution in [2.45, 2.75) is 6.42 Å². The number of benzene rings is 1. The number of rotatable bonds is 0. The lowest BCUT2D eigenvalue weighted by Crippen LogP contribution is -1.96. The topological polar surface area (TPSA) is 30.7 Å². The van der Waals surface area contributed by atoms with Crippen LogP contribution in [0.5, 0.6) is 0 Å². The second kappa shape index (κ2) is 3.79. The average molecular weight is 247 g/mol. The van der Waals surface area contributed by atoms with Crippen molar-refractivity contribution in [3.05, 3.63) is 47.8 Å². The second-order valence-corrected chi connectivity index (χ2v) is 4.78. The maximum absolute atomic E-state index is 4.80. The zero-order chi connectivity index (χ0) is 12.8. The van der Waals surface area contributed by atoms with Gasteiger partial charge in [0, 0.05) is 12.4 Å². The molecule has 1 aliphatic carbocycles. The summed E-state index contributed by atoms with van der Waals surface area (Å²) in [5.41, 5.74) is 5.01. The first kappa shape index (κ1) is 10.5. The third-order valence-corrected chi connectivity index (χ3v) is 3.59. The normalized spacial score (nSPS) is 13.9. The quantitative estimate of drug-likeness (QED) is 0.608. The van der Waals surface area contributed by atoms with Crippen LogP contribution in [-0.2, 0) is 7.05 Å². The van der Waals surface area contributed by atoms with Gasteiger partial charge in [0.15, 0.2) is 5.65 Å². The molecular formula is C16H13N3. The lowest BCUT2D eigenvalue weighted by Gasteiger charge is -2.01. The zero-order valence-corrected chi connectivity index (χ0v) is 10.7. The molecule has 0 amide bonds. The molecule has 1 aliphatic rings. The molecule has 0 unspecified atom stereocenters. The number of fused-ring (bicyclic) bond motifs is 4. The van der Waals surface area contributed by atoms with E-state index in [0.29, 0.717) is 0 Å². The molecule has 92 valence electrons. The molecule has 3 nitrogen and oxygen atoms in total. The van der Waals surface area contributed by atoms with Gasteiger partial charge in [0.25, 0.3) is 0 Å². The minimum Gasteiger partial charge on any atom is -0.327 e. The highest BCUT2D eigenvalue weighted by Crippen LogP contribution is 2.27. The summed E-state index contributed by atoms with van der Waals surface area (Å²) in [4.78, 5) is 9.58. The molecule has 19 heavy (non-hydrogen) atoms. The molecule has 0 atom stereocenters. The van der Waals surface area contributed by atoms with Crippen molar-refractivity contribution >= 4 is 34.2 Å². The van der Waals surface area contributed by atoms with Crippen molar-refractivity contribution in [2.24, 2.45) is 7.05 Å². The number of aryl methyl sites for hydroxylation is 1. The Morgan fingerprint density at radius 3 is 2.58 bits per heavy atom. The third kappa shape index (κ3) is 1.45. The Kier molecular flexibility index (Phi) is 2.09. The fourth-order valence-corrected chi connectivity index (χ4v) is 2.63. The molecule has 0 N–H and O–H groups in total.